The Morgan fingerprint density at radius 3 is 2.72 bits per heavy atom. The number of carboxylic acids is 1. The third-order valence-electron chi connectivity index (χ3n) is 2.20. The van der Waals surface area contributed by atoms with Crippen LogP contribution in [0.4, 0.5) is 4.79 Å². The lowest BCUT2D eigenvalue weighted by atomic mass is 10.2. The van der Waals surface area contributed by atoms with Crippen molar-refractivity contribution < 1.29 is 29.0 Å². The number of carboxylic acid groups (broad SMARTS) is 1. The van der Waals surface area contributed by atoms with Crippen LogP contribution in [0.25, 0.3) is 0 Å². The van der Waals surface area contributed by atoms with Crippen LogP contribution in [0.1, 0.15) is 6.42 Å². The van der Waals surface area contributed by atoms with Gasteiger partial charge in [0.2, 0.25) is 5.91 Å². The van der Waals surface area contributed by atoms with Crippen molar-refractivity contribution in [2.75, 3.05) is 12.9 Å². The third-order valence-corrected chi connectivity index (χ3v) is 3.08. The standard InChI is InChI=1S/C9H12N2O6S/c1-17-6(12)2-4(8(14)15)10-7(13)5-3-18-9(16)11-5/h4-5H,2-3H2,1H3,(H,10,13)(H,11,16)(H,14,15)/t4-,5?/m0/s1. The molecular formula is C9H12N2O6S. The topological polar surface area (TPSA) is 122 Å². The van der Waals surface area contributed by atoms with Gasteiger partial charge in [-0.05, 0) is 0 Å². The van der Waals surface area contributed by atoms with Crippen molar-refractivity contribution in [1.29, 1.82) is 0 Å². The largest absolute Gasteiger partial charge is 0.480 e. The first kappa shape index (κ1) is 14.3. The van der Waals surface area contributed by atoms with Gasteiger partial charge in [0.15, 0.2) is 0 Å². The van der Waals surface area contributed by atoms with Gasteiger partial charge in [-0.25, -0.2) is 4.79 Å². The summed E-state index contributed by atoms with van der Waals surface area (Å²) >= 11 is 0.938. The van der Waals surface area contributed by atoms with E-state index in [2.05, 4.69) is 15.4 Å². The predicted octanol–water partition coefficient (Wildman–Crippen LogP) is -1.06. The van der Waals surface area contributed by atoms with E-state index in [1.807, 2.05) is 0 Å². The van der Waals surface area contributed by atoms with Crippen molar-refractivity contribution in [3.05, 3.63) is 0 Å². The Morgan fingerprint density at radius 2 is 2.28 bits per heavy atom. The van der Waals surface area contributed by atoms with E-state index in [0.717, 1.165) is 18.9 Å². The van der Waals surface area contributed by atoms with Crippen molar-refractivity contribution in [2.24, 2.45) is 0 Å². The molecule has 18 heavy (non-hydrogen) atoms. The highest BCUT2D eigenvalue weighted by Gasteiger charge is 2.31. The van der Waals surface area contributed by atoms with E-state index in [4.69, 9.17) is 5.11 Å². The zero-order valence-electron chi connectivity index (χ0n) is 9.47. The number of methoxy groups -OCH3 is 1. The number of carbonyl (C=O) groups excluding carboxylic acids is 3. The molecule has 8 nitrogen and oxygen atoms in total. The van der Waals surface area contributed by atoms with E-state index >= 15 is 0 Å². The minimum atomic E-state index is -1.37. The molecule has 1 aliphatic rings. The van der Waals surface area contributed by atoms with Crippen molar-refractivity contribution in [1.82, 2.24) is 10.6 Å². The Hall–Kier alpha value is -1.77. The molecule has 0 bridgehead atoms. The molecule has 1 saturated heterocycles. The molecule has 0 saturated carbocycles. The normalized spacial score (nSPS) is 19.8. The van der Waals surface area contributed by atoms with Crippen LogP contribution in [0, 0.1) is 0 Å². The van der Waals surface area contributed by atoms with Crippen LogP contribution in [0.5, 0.6) is 0 Å². The van der Waals surface area contributed by atoms with Crippen LogP contribution >= 0.6 is 11.8 Å². The van der Waals surface area contributed by atoms with Crippen LogP contribution in [0.2, 0.25) is 0 Å². The summed E-state index contributed by atoms with van der Waals surface area (Å²) in [5.74, 6) is -2.49. The smallest absolute Gasteiger partial charge is 0.326 e. The van der Waals surface area contributed by atoms with Crippen molar-refractivity contribution >= 4 is 34.8 Å². The van der Waals surface area contributed by atoms with Crippen LogP contribution < -0.4 is 10.6 Å². The molecule has 1 unspecified atom stereocenters. The summed E-state index contributed by atoms with van der Waals surface area (Å²) in [6.07, 6.45) is -0.467. The van der Waals surface area contributed by atoms with E-state index in [-0.39, 0.29) is 11.0 Å². The van der Waals surface area contributed by atoms with Crippen molar-refractivity contribution in [2.45, 2.75) is 18.5 Å². The molecule has 1 fully saturated rings. The summed E-state index contributed by atoms with van der Waals surface area (Å²) < 4.78 is 4.33. The number of carbonyl (C=O) groups is 4. The molecule has 2 amide bonds. The molecule has 0 spiro atoms. The molecule has 1 heterocycles. The summed E-state index contributed by atoms with van der Waals surface area (Å²) in [7, 11) is 1.12. The van der Waals surface area contributed by atoms with Gasteiger partial charge >= 0.3 is 11.9 Å². The summed E-state index contributed by atoms with van der Waals surface area (Å²) in [6.45, 7) is 0. The second-order valence-electron chi connectivity index (χ2n) is 3.48. The van der Waals surface area contributed by atoms with Gasteiger partial charge in [0.1, 0.15) is 12.1 Å². The van der Waals surface area contributed by atoms with Gasteiger partial charge < -0.3 is 20.5 Å². The van der Waals surface area contributed by atoms with Gasteiger partial charge in [-0.15, -0.1) is 0 Å². The van der Waals surface area contributed by atoms with Gasteiger partial charge in [-0.1, -0.05) is 11.8 Å². The number of hydrogen-bond acceptors (Lipinski definition) is 6. The molecule has 9 heteroatoms. The molecule has 3 N–H and O–H groups in total. The second kappa shape index (κ2) is 6.24. The average molecular weight is 276 g/mol. The lowest BCUT2D eigenvalue weighted by Crippen LogP contribution is -2.50. The maximum atomic E-state index is 11.6. The number of nitrogens with one attached hydrogen (secondary N) is 2. The fourth-order valence-electron chi connectivity index (χ4n) is 1.25. The lowest BCUT2D eigenvalue weighted by Gasteiger charge is -2.16. The quantitative estimate of drug-likeness (QED) is 0.547. The summed E-state index contributed by atoms with van der Waals surface area (Å²) in [5.41, 5.74) is 0. The number of rotatable bonds is 5. The Kier molecular flexibility index (Phi) is 4.95. The molecule has 2 atom stereocenters. The SMILES string of the molecule is COC(=O)C[C@H](NC(=O)C1CSC(=O)N1)C(=O)O. The molecule has 1 aliphatic heterocycles. The molecule has 100 valence electrons. The number of aliphatic carboxylic acids is 1. The molecular weight excluding hydrogens is 264 g/mol. The van der Waals surface area contributed by atoms with Gasteiger partial charge in [0.05, 0.1) is 13.5 Å². The van der Waals surface area contributed by atoms with E-state index in [1.165, 1.54) is 0 Å². The Morgan fingerprint density at radius 1 is 1.61 bits per heavy atom. The monoisotopic (exact) mass is 276 g/mol. The van der Waals surface area contributed by atoms with Gasteiger partial charge in [-0.3, -0.25) is 14.4 Å². The third kappa shape index (κ3) is 3.91. The highest BCUT2D eigenvalue weighted by Crippen LogP contribution is 2.13. The second-order valence-corrected chi connectivity index (χ2v) is 4.47. The zero-order valence-corrected chi connectivity index (χ0v) is 10.3. The fraction of sp³-hybridized carbons (Fsp3) is 0.556. The lowest BCUT2D eigenvalue weighted by molar-refractivity contribution is -0.148. The number of ether oxygens (including phenoxy) is 1. The molecule has 0 aliphatic carbocycles. The Balaban J connectivity index is 2.55. The minimum absolute atomic E-state index is 0.231. The van der Waals surface area contributed by atoms with Crippen LogP contribution in [-0.2, 0) is 19.1 Å². The van der Waals surface area contributed by atoms with Crippen LogP contribution in [0.15, 0.2) is 0 Å². The first-order chi connectivity index (χ1) is 8.43. The predicted molar refractivity (Wildman–Crippen MR) is 61.0 cm³/mol. The molecule has 0 radical (unpaired) electrons. The van der Waals surface area contributed by atoms with E-state index < -0.39 is 36.4 Å². The van der Waals surface area contributed by atoms with E-state index in [1.54, 1.807) is 0 Å². The first-order valence-corrected chi connectivity index (χ1v) is 5.96. The first-order valence-electron chi connectivity index (χ1n) is 4.97. The van der Waals surface area contributed by atoms with E-state index in [9.17, 15) is 19.2 Å². The summed E-state index contributed by atoms with van der Waals surface area (Å²) in [6, 6.07) is -2.14. The van der Waals surface area contributed by atoms with Crippen molar-refractivity contribution in [3.63, 3.8) is 0 Å². The van der Waals surface area contributed by atoms with Gasteiger partial charge in [0, 0.05) is 5.75 Å². The molecule has 0 aromatic carbocycles. The Bertz CT molecular complexity index is 385. The highest BCUT2D eigenvalue weighted by atomic mass is 32.2. The highest BCUT2D eigenvalue weighted by molar-refractivity contribution is 8.14. The molecule has 0 aromatic rings. The van der Waals surface area contributed by atoms with Gasteiger partial charge in [-0.2, -0.15) is 0 Å². The zero-order chi connectivity index (χ0) is 13.7. The minimum Gasteiger partial charge on any atom is -0.480 e. The number of amides is 2. The van der Waals surface area contributed by atoms with E-state index in [0.29, 0.717) is 0 Å². The Labute approximate surface area is 106 Å². The average Bonchev–Trinajstić information content (AvgIpc) is 2.74. The molecule has 1 rings (SSSR count). The maximum Gasteiger partial charge on any atom is 0.326 e. The van der Waals surface area contributed by atoms with Crippen molar-refractivity contribution in [3.8, 4) is 0 Å². The number of esters is 1. The van der Waals surface area contributed by atoms with Crippen LogP contribution in [-0.4, -0.2) is 53.1 Å². The number of thioether (sulfide) groups is 1. The van der Waals surface area contributed by atoms with Crippen LogP contribution in [0.3, 0.4) is 0 Å². The molecule has 0 aromatic heterocycles. The number of hydrogen-bond donors (Lipinski definition) is 3. The maximum absolute atomic E-state index is 11.6. The van der Waals surface area contributed by atoms with Gasteiger partial charge in [0.25, 0.3) is 5.24 Å². The summed E-state index contributed by atoms with van der Waals surface area (Å²) in [4.78, 5) is 44.3. The fourth-order valence-corrected chi connectivity index (χ4v) is 2.03. The summed E-state index contributed by atoms with van der Waals surface area (Å²) in [5, 5.41) is 13.1.